The van der Waals surface area contributed by atoms with Gasteiger partial charge in [0.05, 0.1) is 11.1 Å². The highest BCUT2D eigenvalue weighted by molar-refractivity contribution is 6.17. The van der Waals surface area contributed by atoms with Crippen LogP contribution in [0.25, 0.3) is 99.8 Å². The molecule has 0 amide bonds. The van der Waals surface area contributed by atoms with E-state index in [1.807, 2.05) is 54.6 Å². The van der Waals surface area contributed by atoms with Crippen LogP contribution in [0.3, 0.4) is 0 Å². The minimum atomic E-state index is 0.593. The summed E-state index contributed by atoms with van der Waals surface area (Å²) < 4.78 is 19.2. The van der Waals surface area contributed by atoms with Gasteiger partial charge in [-0.25, -0.2) is 4.98 Å². The van der Waals surface area contributed by atoms with Gasteiger partial charge in [-0.05, 0) is 95.1 Å². The lowest BCUT2D eigenvalue weighted by Gasteiger charge is -2.28. The molecule has 0 atom stereocenters. The number of hydrogen-bond acceptors (Lipinski definition) is 5. The summed E-state index contributed by atoms with van der Waals surface area (Å²) in [4.78, 5) is 7.17. The molecule has 0 aliphatic rings. The van der Waals surface area contributed by atoms with E-state index in [2.05, 4.69) is 157 Å². The largest absolute Gasteiger partial charge is 0.456 e. The van der Waals surface area contributed by atoms with Gasteiger partial charge in [0.1, 0.15) is 27.8 Å². The van der Waals surface area contributed by atoms with Crippen molar-refractivity contribution in [1.29, 1.82) is 0 Å². The molecule has 5 nitrogen and oxygen atoms in total. The van der Waals surface area contributed by atoms with Crippen molar-refractivity contribution in [3.05, 3.63) is 206 Å². The first-order valence-electron chi connectivity index (χ1n) is 20.1. The molecule has 0 unspecified atom stereocenters. The van der Waals surface area contributed by atoms with Crippen LogP contribution in [0.2, 0.25) is 0 Å². The first-order valence-corrected chi connectivity index (χ1v) is 20.1. The Morgan fingerprint density at radius 1 is 0.350 bits per heavy atom. The van der Waals surface area contributed by atoms with Gasteiger partial charge in [0.2, 0.25) is 5.89 Å². The number of furan rings is 2. The molecule has 0 saturated heterocycles. The average molecular weight is 771 g/mol. The van der Waals surface area contributed by atoms with Gasteiger partial charge >= 0.3 is 0 Å². The molecule has 0 aliphatic heterocycles. The Kier molecular flexibility index (Phi) is 7.78. The summed E-state index contributed by atoms with van der Waals surface area (Å²) in [6.45, 7) is 0. The third kappa shape index (κ3) is 5.59. The minimum absolute atomic E-state index is 0.593. The van der Waals surface area contributed by atoms with Crippen molar-refractivity contribution in [3.8, 4) is 44.8 Å². The van der Waals surface area contributed by atoms with Gasteiger partial charge in [0.15, 0.2) is 5.58 Å². The topological polar surface area (TPSA) is 55.6 Å². The smallest absolute Gasteiger partial charge is 0.227 e. The number of oxazole rings is 1. The quantitative estimate of drug-likeness (QED) is 0.162. The number of para-hydroxylation sites is 3. The number of fused-ring (bicyclic) bond motifs is 8. The Balaban J connectivity index is 0.952. The summed E-state index contributed by atoms with van der Waals surface area (Å²) in [6, 6.07) is 71.7. The number of benzene rings is 9. The number of hydrogen-bond donors (Lipinski definition) is 0. The Morgan fingerprint density at radius 3 is 1.75 bits per heavy atom. The molecule has 5 heteroatoms. The van der Waals surface area contributed by atoms with Gasteiger partial charge in [0, 0.05) is 44.2 Å². The molecular weight excluding hydrogens is 737 g/mol. The normalized spacial score (nSPS) is 11.7. The van der Waals surface area contributed by atoms with Gasteiger partial charge in [-0.1, -0.05) is 133 Å². The molecule has 0 radical (unpaired) electrons. The first kappa shape index (κ1) is 33.9. The number of anilines is 3. The third-order valence-corrected chi connectivity index (χ3v) is 11.5. The van der Waals surface area contributed by atoms with E-state index in [1.165, 1.54) is 0 Å². The van der Waals surface area contributed by atoms with E-state index >= 15 is 0 Å². The summed E-state index contributed by atoms with van der Waals surface area (Å²) in [5, 5.41) is 4.17. The average Bonchev–Trinajstić information content (AvgIpc) is 4.04. The van der Waals surface area contributed by atoms with Gasteiger partial charge in [-0.15, -0.1) is 0 Å². The van der Waals surface area contributed by atoms with Gasteiger partial charge in [0.25, 0.3) is 0 Å². The first-order chi connectivity index (χ1) is 29.7. The van der Waals surface area contributed by atoms with E-state index in [-0.39, 0.29) is 0 Å². The van der Waals surface area contributed by atoms with Gasteiger partial charge in [-0.3, -0.25) is 0 Å². The highest BCUT2D eigenvalue weighted by Gasteiger charge is 2.20. The van der Waals surface area contributed by atoms with Gasteiger partial charge in [-0.2, -0.15) is 0 Å². The fourth-order valence-electron chi connectivity index (χ4n) is 8.66. The Bertz CT molecular complexity index is 3530. The van der Waals surface area contributed by atoms with Crippen LogP contribution in [-0.4, -0.2) is 4.98 Å². The number of nitrogens with zero attached hydrogens (tertiary/aromatic N) is 2. The van der Waals surface area contributed by atoms with Crippen molar-refractivity contribution in [3.63, 3.8) is 0 Å². The molecule has 12 aromatic rings. The highest BCUT2D eigenvalue weighted by Crippen LogP contribution is 2.44. The molecule has 3 heterocycles. The van der Waals surface area contributed by atoms with Crippen molar-refractivity contribution >= 4 is 72.0 Å². The summed E-state index contributed by atoms with van der Waals surface area (Å²) in [7, 11) is 0. The zero-order valence-electron chi connectivity index (χ0n) is 32.2. The zero-order valence-corrected chi connectivity index (χ0v) is 32.2. The van der Waals surface area contributed by atoms with E-state index < -0.39 is 0 Å². The molecule has 9 aromatic carbocycles. The predicted molar refractivity (Wildman–Crippen MR) is 245 cm³/mol. The lowest BCUT2D eigenvalue weighted by molar-refractivity contribution is 0.622. The maximum atomic E-state index is 6.43. The van der Waals surface area contributed by atoms with Crippen molar-refractivity contribution in [1.82, 2.24) is 4.98 Å². The van der Waals surface area contributed by atoms with Crippen molar-refractivity contribution in [2.24, 2.45) is 0 Å². The standard InChI is InChI=1S/C55H34N2O3/c1-3-12-36(13-4-1)42-16-7-9-20-48(42)57(41-29-24-37(25-30-41)43-18-11-19-45-44-17-8-10-21-49(44)59-53(43)45)40-27-22-35(23-28-40)39-26-32-50-46(34-39)52-51(58-50)33-31-47-54(52)60-55(56-47)38-14-5-2-6-15-38/h1-34H. The fourth-order valence-corrected chi connectivity index (χ4v) is 8.66. The molecule has 282 valence electrons. The number of aromatic nitrogens is 1. The molecular formula is C55H34N2O3. The molecule has 0 saturated carbocycles. The van der Waals surface area contributed by atoms with Crippen LogP contribution in [0.5, 0.6) is 0 Å². The summed E-state index contributed by atoms with van der Waals surface area (Å²) in [6.07, 6.45) is 0. The number of rotatable bonds is 7. The van der Waals surface area contributed by atoms with E-state index in [1.54, 1.807) is 0 Å². The summed E-state index contributed by atoms with van der Waals surface area (Å²) >= 11 is 0. The van der Waals surface area contributed by atoms with Crippen LogP contribution in [0.1, 0.15) is 0 Å². The second-order valence-electron chi connectivity index (χ2n) is 15.1. The second-order valence-corrected chi connectivity index (χ2v) is 15.1. The van der Waals surface area contributed by atoms with Crippen molar-refractivity contribution < 1.29 is 13.3 Å². The van der Waals surface area contributed by atoms with Crippen LogP contribution >= 0.6 is 0 Å². The molecule has 3 aromatic heterocycles. The van der Waals surface area contributed by atoms with E-state index in [0.717, 1.165) is 111 Å². The molecule has 0 fully saturated rings. The monoisotopic (exact) mass is 770 g/mol. The predicted octanol–water partition coefficient (Wildman–Crippen LogP) is 15.8. The molecule has 0 N–H and O–H groups in total. The second kappa shape index (κ2) is 13.8. The fraction of sp³-hybridized carbons (Fsp3) is 0. The zero-order chi connectivity index (χ0) is 39.6. The van der Waals surface area contributed by atoms with Crippen molar-refractivity contribution in [2.75, 3.05) is 4.90 Å². The molecule has 0 aliphatic carbocycles. The molecule has 12 rings (SSSR count). The van der Waals surface area contributed by atoms with Crippen LogP contribution in [0, 0.1) is 0 Å². The van der Waals surface area contributed by atoms with Crippen LogP contribution in [0.15, 0.2) is 220 Å². The van der Waals surface area contributed by atoms with Crippen LogP contribution in [0.4, 0.5) is 17.1 Å². The van der Waals surface area contributed by atoms with Gasteiger partial charge < -0.3 is 18.2 Å². The Morgan fingerprint density at radius 2 is 0.950 bits per heavy atom. The maximum absolute atomic E-state index is 6.43. The van der Waals surface area contributed by atoms with Crippen molar-refractivity contribution in [2.45, 2.75) is 0 Å². The summed E-state index contributed by atoms with van der Waals surface area (Å²) in [5.41, 5.74) is 15.6. The lowest BCUT2D eigenvalue weighted by Crippen LogP contribution is -2.11. The summed E-state index contributed by atoms with van der Waals surface area (Å²) in [5.74, 6) is 0.593. The molecule has 0 spiro atoms. The van der Waals surface area contributed by atoms with E-state index in [9.17, 15) is 0 Å². The van der Waals surface area contributed by atoms with E-state index in [0.29, 0.717) is 5.89 Å². The van der Waals surface area contributed by atoms with E-state index in [4.69, 9.17) is 18.2 Å². The Hall–Kier alpha value is -8.15. The third-order valence-electron chi connectivity index (χ3n) is 11.5. The molecule has 0 bridgehead atoms. The lowest BCUT2D eigenvalue weighted by atomic mass is 9.99. The SMILES string of the molecule is c1ccc(-c2nc3ccc4oc5ccc(-c6ccc(N(c7ccc(-c8cccc9c8oc8ccccc89)cc7)c7ccccc7-c7ccccc7)cc6)cc5c4c3o2)cc1. The Labute approximate surface area is 345 Å². The maximum Gasteiger partial charge on any atom is 0.227 e. The van der Waals surface area contributed by atoms with Crippen LogP contribution in [-0.2, 0) is 0 Å². The van der Waals surface area contributed by atoms with Crippen LogP contribution < -0.4 is 4.90 Å². The minimum Gasteiger partial charge on any atom is -0.456 e. The highest BCUT2D eigenvalue weighted by atomic mass is 16.4. The molecule has 60 heavy (non-hydrogen) atoms.